The average Bonchev–Trinajstić information content (AvgIpc) is 2.78. The number of benzene rings is 1. The zero-order chi connectivity index (χ0) is 13.5. The molecule has 4 heteroatoms. The molecule has 19 heavy (non-hydrogen) atoms. The normalized spacial score (nSPS) is 22.2. The summed E-state index contributed by atoms with van der Waals surface area (Å²) in [5.74, 6) is -0.133. The number of imide groups is 1. The molecule has 100 valence electrons. The number of carbonyl (C=O) groups is 2. The summed E-state index contributed by atoms with van der Waals surface area (Å²) in [6.45, 7) is 0. The predicted octanol–water partition coefficient (Wildman–Crippen LogP) is 2.48. The highest BCUT2D eigenvalue weighted by atomic mass is 16.2. The molecule has 0 bridgehead atoms. The topological polar surface area (TPSA) is 63.4 Å². The van der Waals surface area contributed by atoms with Crippen LogP contribution in [0.25, 0.3) is 0 Å². The molecule has 1 aromatic carbocycles. The standard InChI is InChI=1S/C15H18N2O2/c16-11-3-5-12(6-4-11)17-13(18)9-15(10-14(17)19)7-1-2-8-15/h3-6H,1-2,7-10,16H2. The van der Waals surface area contributed by atoms with E-state index in [1.165, 1.54) is 4.90 Å². The SMILES string of the molecule is Nc1ccc(N2C(=O)CC3(CCCC3)CC2=O)cc1. The Labute approximate surface area is 112 Å². The first kappa shape index (κ1) is 12.2. The predicted molar refractivity (Wildman–Crippen MR) is 73.5 cm³/mol. The van der Waals surface area contributed by atoms with Crippen LogP contribution in [-0.2, 0) is 9.59 Å². The van der Waals surface area contributed by atoms with Crippen LogP contribution in [0.15, 0.2) is 24.3 Å². The van der Waals surface area contributed by atoms with E-state index in [-0.39, 0.29) is 17.2 Å². The van der Waals surface area contributed by atoms with Crippen molar-refractivity contribution in [2.45, 2.75) is 38.5 Å². The first-order valence-electron chi connectivity index (χ1n) is 6.81. The molecule has 0 aromatic heterocycles. The molecule has 0 atom stereocenters. The number of amides is 2. The molecule has 3 rings (SSSR count). The number of nitrogen functional groups attached to an aromatic ring is 1. The fourth-order valence-electron chi connectivity index (χ4n) is 3.39. The Morgan fingerprint density at radius 1 is 0.947 bits per heavy atom. The molecule has 2 aliphatic rings. The molecule has 1 aliphatic heterocycles. The monoisotopic (exact) mass is 258 g/mol. The van der Waals surface area contributed by atoms with Gasteiger partial charge >= 0.3 is 0 Å². The van der Waals surface area contributed by atoms with E-state index in [0.29, 0.717) is 24.2 Å². The first-order chi connectivity index (χ1) is 9.10. The minimum atomic E-state index is -0.0667. The number of hydrogen-bond acceptors (Lipinski definition) is 3. The third-order valence-corrected chi connectivity index (χ3v) is 4.37. The summed E-state index contributed by atoms with van der Waals surface area (Å²) in [7, 11) is 0. The van der Waals surface area contributed by atoms with Crippen molar-refractivity contribution in [3.63, 3.8) is 0 Å². The van der Waals surface area contributed by atoms with E-state index in [0.717, 1.165) is 25.7 Å². The first-order valence-corrected chi connectivity index (χ1v) is 6.81. The summed E-state index contributed by atoms with van der Waals surface area (Å²) in [4.78, 5) is 26.0. The van der Waals surface area contributed by atoms with Gasteiger partial charge in [0.05, 0.1) is 5.69 Å². The van der Waals surface area contributed by atoms with Gasteiger partial charge in [0.15, 0.2) is 0 Å². The van der Waals surface area contributed by atoms with E-state index in [1.807, 2.05) is 0 Å². The molecule has 1 spiro atoms. The third-order valence-electron chi connectivity index (χ3n) is 4.37. The van der Waals surface area contributed by atoms with Crippen LogP contribution in [0.1, 0.15) is 38.5 Å². The number of piperidine rings is 1. The van der Waals surface area contributed by atoms with Gasteiger partial charge in [0, 0.05) is 18.5 Å². The summed E-state index contributed by atoms with van der Waals surface area (Å²) in [5, 5.41) is 0. The van der Waals surface area contributed by atoms with Gasteiger partial charge in [-0.1, -0.05) is 12.8 Å². The lowest BCUT2D eigenvalue weighted by atomic mass is 9.76. The van der Waals surface area contributed by atoms with Crippen molar-refractivity contribution in [1.29, 1.82) is 0 Å². The second-order valence-electron chi connectivity index (χ2n) is 5.78. The Morgan fingerprint density at radius 2 is 1.47 bits per heavy atom. The summed E-state index contributed by atoms with van der Waals surface area (Å²) < 4.78 is 0. The third kappa shape index (κ3) is 2.11. The van der Waals surface area contributed by atoms with E-state index in [4.69, 9.17) is 5.73 Å². The van der Waals surface area contributed by atoms with Crippen LogP contribution in [0.5, 0.6) is 0 Å². The van der Waals surface area contributed by atoms with Gasteiger partial charge in [-0.15, -0.1) is 0 Å². The van der Waals surface area contributed by atoms with Crippen molar-refractivity contribution >= 4 is 23.2 Å². The molecule has 1 saturated carbocycles. The smallest absolute Gasteiger partial charge is 0.234 e. The maximum atomic E-state index is 12.3. The maximum Gasteiger partial charge on any atom is 0.234 e. The zero-order valence-electron chi connectivity index (χ0n) is 10.9. The fourth-order valence-corrected chi connectivity index (χ4v) is 3.39. The largest absolute Gasteiger partial charge is 0.399 e. The maximum absolute atomic E-state index is 12.3. The van der Waals surface area contributed by atoms with Crippen LogP contribution in [0, 0.1) is 5.41 Å². The van der Waals surface area contributed by atoms with Gasteiger partial charge < -0.3 is 5.73 Å². The molecular formula is C15H18N2O2. The highest BCUT2D eigenvalue weighted by molar-refractivity contribution is 6.17. The lowest BCUT2D eigenvalue weighted by Gasteiger charge is -2.37. The summed E-state index contributed by atoms with van der Waals surface area (Å²) in [6.07, 6.45) is 5.32. The van der Waals surface area contributed by atoms with Crippen LogP contribution >= 0.6 is 0 Å². The lowest BCUT2D eigenvalue weighted by Crippen LogP contribution is -2.47. The van der Waals surface area contributed by atoms with Gasteiger partial charge in [-0.2, -0.15) is 0 Å². The van der Waals surface area contributed by atoms with Crippen LogP contribution in [0.2, 0.25) is 0 Å². The number of hydrogen-bond donors (Lipinski definition) is 1. The quantitative estimate of drug-likeness (QED) is 0.621. The molecule has 1 saturated heterocycles. The van der Waals surface area contributed by atoms with E-state index in [9.17, 15) is 9.59 Å². The van der Waals surface area contributed by atoms with E-state index in [1.54, 1.807) is 24.3 Å². The second kappa shape index (κ2) is 4.37. The van der Waals surface area contributed by atoms with Gasteiger partial charge in [-0.05, 0) is 42.5 Å². The number of nitrogens with two attached hydrogens (primary N) is 1. The highest BCUT2D eigenvalue weighted by Gasteiger charge is 2.45. The summed E-state index contributed by atoms with van der Waals surface area (Å²) >= 11 is 0. The molecule has 0 radical (unpaired) electrons. The molecular weight excluding hydrogens is 240 g/mol. The lowest BCUT2D eigenvalue weighted by molar-refractivity contribution is -0.133. The van der Waals surface area contributed by atoms with E-state index < -0.39 is 0 Å². The van der Waals surface area contributed by atoms with E-state index >= 15 is 0 Å². The molecule has 0 unspecified atom stereocenters. The second-order valence-corrected chi connectivity index (χ2v) is 5.78. The Balaban J connectivity index is 1.86. The number of carbonyl (C=O) groups excluding carboxylic acids is 2. The molecule has 2 amide bonds. The van der Waals surface area contributed by atoms with Crippen LogP contribution < -0.4 is 10.6 Å². The fraction of sp³-hybridized carbons (Fsp3) is 0.467. The van der Waals surface area contributed by atoms with Gasteiger partial charge in [-0.25, -0.2) is 0 Å². The van der Waals surface area contributed by atoms with E-state index in [2.05, 4.69) is 0 Å². The van der Waals surface area contributed by atoms with Crippen molar-refractivity contribution in [3.8, 4) is 0 Å². The Hall–Kier alpha value is -1.84. The molecule has 1 aliphatic carbocycles. The molecule has 1 aromatic rings. The summed E-state index contributed by atoms with van der Waals surface area (Å²) in [6, 6.07) is 6.90. The van der Waals surface area contributed by atoms with Gasteiger partial charge in [0.25, 0.3) is 0 Å². The Bertz CT molecular complexity index is 495. The van der Waals surface area contributed by atoms with Crippen molar-refractivity contribution < 1.29 is 9.59 Å². The average molecular weight is 258 g/mol. The van der Waals surface area contributed by atoms with Crippen molar-refractivity contribution in [3.05, 3.63) is 24.3 Å². The van der Waals surface area contributed by atoms with Crippen molar-refractivity contribution in [1.82, 2.24) is 0 Å². The minimum Gasteiger partial charge on any atom is -0.399 e. The molecule has 4 nitrogen and oxygen atoms in total. The number of anilines is 2. The minimum absolute atomic E-state index is 0.0432. The molecule has 2 N–H and O–H groups in total. The number of nitrogens with zero attached hydrogens (tertiary/aromatic N) is 1. The molecule has 2 fully saturated rings. The van der Waals surface area contributed by atoms with Crippen molar-refractivity contribution in [2.24, 2.45) is 5.41 Å². The Morgan fingerprint density at radius 3 is 2.00 bits per heavy atom. The molecule has 1 heterocycles. The summed E-state index contributed by atoms with van der Waals surface area (Å²) in [5.41, 5.74) is 6.86. The number of rotatable bonds is 1. The Kier molecular flexibility index (Phi) is 2.81. The zero-order valence-corrected chi connectivity index (χ0v) is 10.9. The van der Waals surface area contributed by atoms with Crippen molar-refractivity contribution in [2.75, 3.05) is 10.6 Å². The van der Waals surface area contributed by atoms with Crippen LogP contribution in [-0.4, -0.2) is 11.8 Å². The van der Waals surface area contributed by atoms with Crippen LogP contribution in [0.4, 0.5) is 11.4 Å². The highest BCUT2D eigenvalue weighted by Crippen LogP contribution is 2.47. The van der Waals surface area contributed by atoms with Gasteiger partial charge in [0.2, 0.25) is 11.8 Å². The van der Waals surface area contributed by atoms with Crippen LogP contribution in [0.3, 0.4) is 0 Å². The van der Waals surface area contributed by atoms with Gasteiger partial charge in [0.1, 0.15) is 0 Å². The van der Waals surface area contributed by atoms with Gasteiger partial charge in [-0.3, -0.25) is 14.5 Å².